The highest BCUT2D eigenvalue weighted by molar-refractivity contribution is 7.55. The van der Waals surface area contributed by atoms with Crippen LogP contribution in [0.25, 0.3) is 0 Å². The molecule has 0 aliphatic rings. The van der Waals surface area contributed by atoms with E-state index >= 15 is 0 Å². The fraction of sp³-hybridized carbons (Fsp3) is 0.333. The van der Waals surface area contributed by atoms with Gasteiger partial charge in [0.2, 0.25) is 0 Å². The van der Waals surface area contributed by atoms with Gasteiger partial charge in [-0.1, -0.05) is 49.7 Å². The van der Waals surface area contributed by atoms with Crippen molar-refractivity contribution in [2.75, 3.05) is 13.2 Å². The lowest BCUT2D eigenvalue weighted by Crippen LogP contribution is -2.45. The lowest BCUT2D eigenvalue weighted by atomic mass is 10.3. The van der Waals surface area contributed by atoms with Crippen molar-refractivity contribution < 1.29 is 27.9 Å². The first-order chi connectivity index (χ1) is 14.5. The van der Waals surface area contributed by atoms with Gasteiger partial charge in [-0.25, -0.2) is 9.36 Å². The fourth-order valence-electron chi connectivity index (χ4n) is 2.55. The van der Waals surface area contributed by atoms with Crippen LogP contribution in [0.1, 0.15) is 26.7 Å². The van der Waals surface area contributed by atoms with E-state index in [4.69, 9.17) is 13.8 Å². The van der Waals surface area contributed by atoms with E-state index in [0.29, 0.717) is 24.3 Å². The van der Waals surface area contributed by atoms with Crippen molar-refractivity contribution in [3.63, 3.8) is 0 Å². The maximum absolute atomic E-state index is 13.8. The first-order valence-corrected chi connectivity index (χ1v) is 11.4. The third-order valence-electron chi connectivity index (χ3n) is 3.89. The predicted molar refractivity (Wildman–Crippen MR) is 114 cm³/mol. The second kappa shape index (κ2) is 11.9. The van der Waals surface area contributed by atoms with E-state index in [9.17, 15) is 14.2 Å². The van der Waals surface area contributed by atoms with Crippen LogP contribution in [0.15, 0.2) is 60.7 Å². The highest BCUT2D eigenvalue weighted by Gasteiger charge is 2.40. The summed E-state index contributed by atoms with van der Waals surface area (Å²) < 4.78 is 30.2. The summed E-state index contributed by atoms with van der Waals surface area (Å²) in [6.45, 7) is 3.47. The van der Waals surface area contributed by atoms with Gasteiger partial charge in [-0.15, -0.1) is 0 Å². The normalized spacial score (nSPS) is 11.8. The Kier molecular flexibility index (Phi) is 9.22. The van der Waals surface area contributed by atoms with E-state index in [1.807, 2.05) is 6.92 Å². The van der Waals surface area contributed by atoms with Crippen molar-refractivity contribution >= 4 is 19.6 Å². The summed E-state index contributed by atoms with van der Waals surface area (Å²) in [5, 5.41) is 5.02. The van der Waals surface area contributed by atoms with Crippen LogP contribution in [0.2, 0.25) is 0 Å². The quantitative estimate of drug-likeness (QED) is 0.403. The molecule has 0 aliphatic carbocycles. The topological polar surface area (TPSA) is 103 Å². The van der Waals surface area contributed by atoms with Crippen LogP contribution in [0.4, 0.5) is 4.79 Å². The molecule has 0 aliphatic heterocycles. The zero-order valence-corrected chi connectivity index (χ0v) is 18.0. The van der Waals surface area contributed by atoms with Gasteiger partial charge in [-0.05, 0) is 37.6 Å². The Morgan fingerprint density at radius 2 is 1.47 bits per heavy atom. The van der Waals surface area contributed by atoms with E-state index in [1.165, 1.54) is 0 Å². The van der Waals surface area contributed by atoms with Gasteiger partial charge in [0.05, 0.1) is 6.61 Å². The van der Waals surface area contributed by atoms with Gasteiger partial charge in [0.25, 0.3) is 0 Å². The van der Waals surface area contributed by atoms with Gasteiger partial charge < -0.3 is 24.4 Å². The number of benzene rings is 2. The van der Waals surface area contributed by atoms with Gasteiger partial charge >= 0.3 is 19.6 Å². The molecule has 162 valence electrons. The number of carbonyl (C=O) groups excluding carboxylic acids is 2. The first-order valence-electron chi connectivity index (χ1n) is 9.75. The summed E-state index contributed by atoms with van der Waals surface area (Å²) in [5.41, 5.74) is 0. The number of nitrogens with one attached hydrogen (secondary N) is 2. The molecule has 1 atom stereocenters. The Morgan fingerprint density at radius 3 is 1.93 bits per heavy atom. The number of hydrogen-bond acceptors (Lipinski definition) is 6. The van der Waals surface area contributed by atoms with Crippen LogP contribution in [-0.2, 0) is 14.1 Å². The third-order valence-corrected chi connectivity index (χ3v) is 5.97. The molecule has 9 heteroatoms. The molecular formula is C21H27N2O6P. The third kappa shape index (κ3) is 7.44. The maximum atomic E-state index is 13.8. The number of esters is 1. The molecule has 30 heavy (non-hydrogen) atoms. The maximum Gasteiger partial charge on any atom is 0.452 e. The van der Waals surface area contributed by atoms with Crippen molar-refractivity contribution in [3.05, 3.63) is 60.7 Å². The summed E-state index contributed by atoms with van der Waals surface area (Å²) in [6.07, 6.45) is 0.951. The van der Waals surface area contributed by atoms with E-state index in [0.717, 1.165) is 0 Å². The summed E-state index contributed by atoms with van der Waals surface area (Å²) in [7, 11) is -3.89. The van der Waals surface area contributed by atoms with E-state index in [1.54, 1.807) is 67.6 Å². The summed E-state index contributed by atoms with van der Waals surface area (Å²) in [6, 6.07) is 16.6. The van der Waals surface area contributed by atoms with Gasteiger partial charge in [-0.3, -0.25) is 4.79 Å². The smallest absolute Gasteiger partial charge is 0.452 e. The second-order valence-corrected chi connectivity index (χ2v) is 8.35. The van der Waals surface area contributed by atoms with Crippen molar-refractivity contribution in [1.29, 1.82) is 0 Å². The van der Waals surface area contributed by atoms with Crippen LogP contribution in [0.5, 0.6) is 11.5 Å². The molecule has 0 fully saturated rings. The highest BCUT2D eigenvalue weighted by atomic mass is 31.2. The molecule has 0 saturated heterocycles. The Hall–Kier alpha value is -2.99. The summed E-state index contributed by atoms with van der Waals surface area (Å²) in [5.74, 6) is -0.799. The number of urea groups is 1. The van der Waals surface area contributed by atoms with Gasteiger partial charge in [0.15, 0.2) is 5.78 Å². The monoisotopic (exact) mass is 434 g/mol. The van der Waals surface area contributed by atoms with Crippen LogP contribution in [0.3, 0.4) is 0 Å². The molecule has 2 aromatic rings. The Morgan fingerprint density at radius 1 is 0.933 bits per heavy atom. The highest BCUT2D eigenvalue weighted by Crippen LogP contribution is 2.53. The second-order valence-electron chi connectivity index (χ2n) is 6.29. The minimum absolute atomic E-state index is 0.214. The molecule has 0 bridgehead atoms. The number of ether oxygens (including phenoxy) is 1. The molecule has 0 saturated carbocycles. The number of para-hydroxylation sites is 2. The van der Waals surface area contributed by atoms with Crippen molar-refractivity contribution in [3.8, 4) is 11.5 Å². The van der Waals surface area contributed by atoms with Crippen LogP contribution in [0, 0.1) is 0 Å². The minimum Gasteiger partial charge on any atom is -0.465 e. The molecule has 8 nitrogen and oxygen atoms in total. The Bertz CT molecular complexity index is 802. The van der Waals surface area contributed by atoms with Crippen molar-refractivity contribution in [2.45, 2.75) is 32.5 Å². The average molecular weight is 434 g/mol. The summed E-state index contributed by atoms with van der Waals surface area (Å²) >= 11 is 0. The zero-order chi connectivity index (χ0) is 21.8. The standard InChI is InChI=1S/C21H27N2O6P/c1-3-11-19(23-21(25)22-16-20(24)27-4-2)30(26,28-17-12-7-5-8-13-17)29-18-14-9-6-10-15-18/h5-10,12-15,19H,3-4,11,16H2,1-2H3,(H2,22,23,25). The lowest BCUT2D eigenvalue weighted by molar-refractivity contribution is -0.141. The SMILES string of the molecule is CCCC(NC(=O)NCC(=O)OCC)P(=O)(Oc1ccccc1)Oc1ccccc1. The molecule has 0 radical (unpaired) electrons. The molecule has 1 unspecified atom stereocenters. The Balaban J connectivity index is 2.21. The number of hydrogen-bond donors (Lipinski definition) is 2. The molecule has 2 aromatic carbocycles. The van der Waals surface area contributed by atoms with Gasteiger partial charge in [-0.2, -0.15) is 0 Å². The molecule has 0 heterocycles. The largest absolute Gasteiger partial charge is 0.465 e. The number of rotatable bonds is 11. The van der Waals surface area contributed by atoms with Crippen LogP contribution >= 0.6 is 7.60 Å². The molecule has 0 aromatic heterocycles. The molecule has 2 amide bonds. The van der Waals surface area contributed by atoms with E-state index in [2.05, 4.69) is 10.6 Å². The first kappa shape index (κ1) is 23.3. The molecular weight excluding hydrogens is 407 g/mol. The van der Waals surface area contributed by atoms with Crippen molar-refractivity contribution in [2.24, 2.45) is 0 Å². The molecule has 2 rings (SSSR count). The zero-order valence-electron chi connectivity index (χ0n) is 17.1. The summed E-state index contributed by atoms with van der Waals surface area (Å²) in [4.78, 5) is 23.8. The van der Waals surface area contributed by atoms with E-state index in [-0.39, 0.29) is 13.2 Å². The predicted octanol–water partition coefficient (Wildman–Crippen LogP) is 4.33. The van der Waals surface area contributed by atoms with E-state index < -0.39 is 25.4 Å². The van der Waals surface area contributed by atoms with Gasteiger partial charge in [0, 0.05) is 0 Å². The van der Waals surface area contributed by atoms with Crippen LogP contribution < -0.4 is 19.7 Å². The minimum atomic E-state index is -3.89. The average Bonchev–Trinajstić information content (AvgIpc) is 2.73. The van der Waals surface area contributed by atoms with Crippen LogP contribution in [-0.4, -0.2) is 30.9 Å². The number of carbonyl (C=O) groups is 2. The molecule has 2 N–H and O–H groups in total. The fourth-order valence-corrected chi connectivity index (χ4v) is 4.52. The number of amides is 2. The Labute approximate surface area is 176 Å². The lowest BCUT2D eigenvalue weighted by Gasteiger charge is -2.28. The van der Waals surface area contributed by atoms with Crippen molar-refractivity contribution in [1.82, 2.24) is 10.6 Å². The molecule has 0 spiro atoms. The van der Waals surface area contributed by atoms with Gasteiger partial charge in [0.1, 0.15) is 18.0 Å².